The summed E-state index contributed by atoms with van der Waals surface area (Å²) in [6.07, 6.45) is 5.50. The lowest BCUT2D eigenvalue weighted by Crippen LogP contribution is -2.28. The van der Waals surface area contributed by atoms with Gasteiger partial charge in [0.15, 0.2) is 0 Å². The Morgan fingerprint density at radius 1 is 1.29 bits per heavy atom. The number of rotatable bonds is 5. The van der Waals surface area contributed by atoms with E-state index in [0.29, 0.717) is 28.6 Å². The molecule has 1 amide bonds. The molecule has 142 valence electrons. The lowest BCUT2D eigenvalue weighted by atomic mass is 10.1. The molecule has 0 aliphatic rings. The SMILES string of the molecule is CCC(NC(=O)c1cncc2c1cnn2-c1ccc(F)cc1)c1nc(Br)cs1. The number of carbonyl (C=O) groups excluding carboxylic acids is 1. The van der Waals surface area contributed by atoms with Crippen molar-refractivity contribution in [2.75, 3.05) is 0 Å². The van der Waals surface area contributed by atoms with Crippen LogP contribution in [0.25, 0.3) is 16.6 Å². The van der Waals surface area contributed by atoms with Crippen LogP contribution >= 0.6 is 27.3 Å². The summed E-state index contributed by atoms with van der Waals surface area (Å²) < 4.78 is 15.6. The molecule has 6 nitrogen and oxygen atoms in total. The third-order valence-electron chi connectivity index (χ3n) is 4.32. The number of hydrogen-bond acceptors (Lipinski definition) is 5. The molecular formula is C19H15BrFN5OS. The maximum atomic E-state index is 13.2. The largest absolute Gasteiger partial charge is 0.343 e. The molecule has 0 saturated carbocycles. The molecule has 0 fully saturated rings. The number of pyridine rings is 1. The van der Waals surface area contributed by atoms with Crippen molar-refractivity contribution in [1.29, 1.82) is 0 Å². The van der Waals surface area contributed by atoms with Gasteiger partial charge < -0.3 is 5.32 Å². The van der Waals surface area contributed by atoms with Gasteiger partial charge in [-0.1, -0.05) is 6.92 Å². The van der Waals surface area contributed by atoms with Crippen molar-refractivity contribution in [3.8, 4) is 5.69 Å². The van der Waals surface area contributed by atoms with Crippen molar-refractivity contribution >= 4 is 44.1 Å². The predicted molar refractivity (Wildman–Crippen MR) is 109 cm³/mol. The second-order valence-corrected chi connectivity index (χ2v) is 7.80. The van der Waals surface area contributed by atoms with E-state index in [0.717, 1.165) is 9.61 Å². The molecule has 1 atom stereocenters. The fraction of sp³-hybridized carbons (Fsp3) is 0.158. The Bertz CT molecular complexity index is 1140. The summed E-state index contributed by atoms with van der Waals surface area (Å²) in [5.41, 5.74) is 1.79. The van der Waals surface area contributed by atoms with Crippen molar-refractivity contribution in [3.05, 3.63) is 69.2 Å². The number of nitrogens with zero attached hydrogens (tertiary/aromatic N) is 4. The number of carbonyl (C=O) groups is 1. The number of benzene rings is 1. The lowest BCUT2D eigenvalue weighted by Gasteiger charge is -2.14. The number of halogens is 2. The molecule has 0 spiro atoms. The Morgan fingerprint density at radius 2 is 2.07 bits per heavy atom. The highest BCUT2D eigenvalue weighted by molar-refractivity contribution is 9.10. The van der Waals surface area contributed by atoms with Crippen LogP contribution in [-0.2, 0) is 0 Å². The maximum Gasteiger partial charge on any atom is 0.254 e. The first kappa shape index (κ1) is 18.7. The van der Waals surface area contributed by atoms with Gasteiger partial charge >= 0.3 is 0 Å². The van der Waals surface area contributed by atoms with Gasteiger partial charge in [-0.3, -0.25) is 9.78 Å². The number of fused-ring (bicyclic) bond motifs is 1. The Labute approximate surface area is 172 Å². The smallest absolute Gasteiger partial charge is 0.254 e. The molecular weight excluding hydrogens is 445 g/mol. The molecule has 1 unspecified atom stereocenters. The topological polar surface area (TPSA) is 72.7 Å². The highest BCUT2D eigenvalue weighted by Gasteiger charge is 2.20. The quantitative estimate of drug-likeness (QED) is 0.470. The minimum Gasteiger partial charge on any atom is -0.343 e. The van der Waals surface area contributed by atoms with Crippen LogP contribution in [-0.4, -0.2) is 25.7 Å². The standard InChI is InChI=1S/C19H15BrFN5OS/c1-2-15(19-25-17(20)10-28-19)24-18(27)14-7-22-9-16-13(14)8-23-26(16)12-5-3-11(21)4-6-12/h3-10,15H,2H2,1H3,(H,24,27). The van der Waals surface area contributed by atoms with Gasteiger partial charge in [-0.2, -0.15) is 5.10 Å². The Morgan fingerprint density at radius 3 is 2.75 bits per heavy atom. The van der Waals surface area contributed by atoms with Gasteiger partial charge in [-0.05, 0) is 46.6 Å². The van der Waals surface area contributed by atoms with Crippen molar-refractivity contribution in [3.63, 3.8) is 0 Å². The highest BCUT2D eigenvalue weighted by atomic mass is 79.9. The molecule has 1 N–H and O–H groups in total. The number of nitrogens with one attached hydrogen (secondary N) is 1. The molecule has 4 rings (SSSR count). The first-order valence-corrected chi connectivity index (χ1v) is 10.2. The Kier molecular flexibility index (Phi) is 5.19. The van der Waals surface area contributed by atoms with E-state index in [1.165, 1.54) is 29.7 Å². The Hall–Kier alpha value is -2.65. The molecule has 0 aliphatic carbocycles. The average Bonchev–Trinajstić information content (AvgIpc) is 3.32. The predicted octanol–water partition coefficient (Wildman–Crippen LogP) is 4.66. The summed E-state index contributed by atoms with van der Waals surface area (Å²) in [5.74, 6) is -0.562. The van der Waals surface area contributed by atoms with Crippen LogP contribution in [0.15, 0.2) is 52.8 Å². The minimum atomic E-state index is -0.321. The second kappa shape index (κ2) is 7.76. The molecule has 0 bridgehead atoms. The van der Waals surface area contributed by atoms with Crippen molar-refractivity contribution in [2.45, 2.75) is 19.4 Å². The Balaban J connectivity index is 1.67. The van der Waals surface area contributed by atoms with Crippen LogP contribution in [0.1, 0.15) is 34.8 Å². The molecule has 0 aliphatic heterocycles. The van der Waals surface area contributed by atoms with E-state index in [1.807, 2.05) is 12.3 Å². The third kappa shape index (κ3) is 3.55. The van der Waals surface area contributed by atoms with Gasteiger partial charge in [0.2, 0.25) is 0 Å². The summed E-state index contributed by atoms with van der Waals surface area (Å²) in [7, 11) is 0. The maximum absolute atomic E-state index is 13.2. The molecule has 4 aromatic rings. The second-order valence-electron chi connectivity index (χ2n) is 6.10. The van der Waals surface area contributed by atoms with Crippen LogP contribution in [0.5, 0.6) is 0 Å². The van der Waals surface area contributed by atoms with E-state index in [9.17, 15) is 9.18 Å². The van der Waals surface area contributed by atoms with E-state index in [-0.39, 0.29) is 17.8 Å². The third-order valence-corrected chi connectivity index (χ3v) is 5.99. The van der Waals surface area contributed by atoms with Crippen molar-refractivity contribution in [2.24, 2.45) is 0 Å². The number of amides is 1. The van der Waals surface area contributed by atoms with Crippen LogP contribution in [0, 0.1) is 5.82 Å². The van der Waals surface area contributed by atoms with E-state index < -0.39 is 0 Å². The van der Waals surface area contributed by atoms with E-state index >= 15 is 0 Å². The van der Waals surface area contributed by atoms with Gasteiger partial charge in [0, 0.05) is 17.0 Å². The van der Waals surface area contributed by atoms with E-state index in [2.05, 4.69) is 36.3 Å². The van der Waals surface area contributed by atoms with Gasteiger partial charge in [-0.25, -0.2) is 14.1 Å². The summed E-state index contributed by atoms with van der Waals surface area (Å²) in [4.78, 5) is 21.5. The van der Waals surface area contributed by atoms with Crippen LogP contribution in [0.3, 0.4) is 0 Å². The summed E-state index contributed by atoms with van der Waals surface area (Å²) in [6, 6.07) is 5.80. The normalized spacial score (nSPS) is 12.2. The fourth-order valence-corrected chi connectivity index (χ4v) is 4.31. The average molecular weight is 460 g/mol. The van der Waals surface area contributed by atoms with Gasteiger partial charge in [0.05, 0.1) is 35.2 Å². The van der Waals surface area contributed by atoms with Crippen LogP contribution in [0.2, 0.25) is 0 Å². The van der Waals surface area contributed by atoms with Crippen molar-refractivity contribution < 1.29 is 9.18 Å². The zero-order valence-electron chi connectivity index (χ0n) is 14.8. The molecule has 3 heterocycles. The highest BCUT2D eigenvalue weighted by Crippen LogP contribution is 2.25. The minimum absolute atomic E-state index is 0.189. The monoisotopic (exact) mass is 459 g/mol. The molecule has 1 aromatic carbocycles. The molecule has 9 heteroatoms. The van der Waals surface area contributed by atoms with Gasteiger partial charge in [0.25, 0.3) is 5.91 Å². The number of hydrogen-bond donors (Lipinski definition) is 1. The summed E-state index contributed by atoms with van der Waals surface area (Å²) in [6.45, 7) is 1.99. The van der Waals surface area contributed by atoms with Crippen LogP contribution in [0.4, 0.5) is 4.39 Å². The van der Waals surface area contributed by atoms with E-state index in [1.54, 1.807) is 29.2 Å². The first-order chi connectivity index (χ1) is 13.6. The van der Waals surface area contributed by atoms with Gasteiger partial charge in [0.1, 0.15) is 15.4 Å². The van der Waals surface area contributed by atoms with Gasteiger partial charge in [-0.15, -0.1) is 11.3 Å². The zero-order chi connectivity index (χ0) is 19.7. The molecule has 0 radical (unpaired) electrons. The number of aromatic nitrogens is 4. The lowest BCUT2D eigenvalue weighted by molar-refractivity contribution is 0.0937. The summed E-state index contributed by atoms with van der Waals surface area (Å²) in [5, 5.41) is 10.8. The summed E-state index contributed by atoms with van der Waals surface area (Å²) >= 11 is 4.83. The fourth-order valence-electron chi connectivity index (χ4n) is 2.91. The van der Waals surface area contributed by atoms with Crippen LogP contribution < -0.4 is 5.32 Å². The number of thiazole rings is 1. The molecule has 3 aromatic heterocycles. The zero-order valence-corrected chi connectivity index (χ0v) is 17.2. The molecule has 0 saturated heterocycles. The molecule has 28 heavy (non-hydrogen) atoms. The van der Waals surface area contributed by atoms with E-state index in [4.69, 9.17) is 0 Å². The van der Waals surface area contributed by atoms with Crippen molar-refractivity contribution in [1.82, 2.24) is 25.1 Å². The first-order valence-electron chi connectivity index (χ1n) is 8.56.